The van der Waals surface area contributed by atoms with Crippen molar-refractivity contribution in [1.29, 1.82) is 0 Å². The van der Waals surface area contributed by atoms with Crippen molar-refractivity contribution < 1.29 is 4.74 Å². The zero-order valence-electron chi connectivity index (χ0n) is 12.0. The van der Waals surface area contributed by atoms with Crippen molar-refractivity contribution in [3.8, 4) is 0 Å². The highest BCUT2D eigenvalue weighted by Gasteiger charge is 2.12. The molecule has 1 heterocycles. The second kappa shape index (κ2) is 7.16. The van der Waals surface area contributed by atoms with Crippen LogP contribution in [-0.2, 0) is 4.74 Å². The summed E-state index contributed by atoms with van der Waals surface area (Å²) in [4.78, 5) is 10.9. The van der Waals surface area contributed by atoms with E-state index in [1.807, 2.05) is 20.0 Å². The summed E-state index contributed by atoms with van der Waals surface area (Å²) in [6, 6.07) is 2.26. The Balaban J connectivity index is 2.84. The van der Waals surface area contributed by atoms with Crippen LogP contribution in [0.2, 0.25) is 0 Å². The number of rotatable bonds is 7. The molecule has 1 aromatic rings. The predicted octanol–water partition coefficient (Wildman–Crippen LogP) is 2.08. The van der Waals surface area contributed by atoms with Gasteiger partial charge in [-0.2, -0.15) is 0 Å². The smallest absolute Gasteiger partial charge is 0.134 e. The molecule has 0 radical (unpaired) electrons. The first kappa shape index (κ1) is 14.7. The van der Waals surface area contributed by atoms with Gasteiger partial charge in [0.05, 0.1) is 12.6 Å². The Morgan fingerprint density at radius 2 is 2.17 bits per heavy atom. The Labute approximate surface area is 110 Å². The van der Waals surface area contributed by atoms with E-state index in [4.69, 9.17) is 4.74 Å². The molecule has 0 saturated carbocycles. The van der Waals surface area contributed by atoms with Crippen LogP contribution in [0.25, 0.3) is 0 Å². The normalized spacial score (nSPS) is 12.3. The Bertz CT molecular complexity index is 370. The molecule has 0 fully saturated rings. The van der Waals surface area contributed by atoms with E-state index in [-0.39, 0.29) is 6.04 Å². The molecular weight excluding hydrogens is 228 g/mol. The lowest BCUT2D eigenvalue weighted by Gasteiger charge is -2.25. The summed E-state index contributed by atoms with van der Waals surface area (Å²) in [7, 11) is 3.73. The van der Waals surface area contributed by atoms with Gasteiger partial charge in [-0.05, 0) is 20.3 Å². The topological polar surface area (TPSA) is 50.3 Å². The van der Waals surface area contributed by atoms with Crippen LogP contribution in [-0.4, -0.2) is 43.3 Å². The quantitative estimate of drug-likeness (QED) is 0.805. The number of aromatic nitrogens is 2. The molecular formula is C13H24N4O. The van der Waals surface area contributed by atoms with Gasteiger partial charge >= 0.3 is 0 Å². The lowest BCUT2D eigenvalue weighted by molar-refractivity contribution is 0.183. The van der Waals surface area contributed by atoms with Gasteiger partial charge in [0.2, 0.25) is 0 Å². The fraction of sp³-hybridized carbons (Fsp3) is 0.692. The van der Waals surface area contributed by atoms with E-state index < -0.39 is 0 Å². The lowest BCUT2D eigenvalue weighted by atomic mass is 10.3. The molecule has 0 aliphatic rings. The second-order valence-electron chi connectivity index (χ2n) is 4.50. The highest BCUT2D eigenvalue weighted by molar-refractivity contribution is 5.49. The third kappa shape index (κ3) is 4.14. The number of ether oxygens (including phenoxy) is 1. The number of anilines is 2. The van der Waals surface area contributed by atoms with E-state index in [1.165, 1.54) is 0 Å². The monoisotopic (exact) mass is 252 g/mol. The van der Waals surface area contributed by atoms with Crippen LogP contribution in [0.15, 0.2) is 6.07 Å². The molecule has 5 heteroatoms. The standard InChI is InChI=1S/C13H24N4O/c1-6-7-14-12-8-13(16-11(3)15-12)17(4)10(2)9-18-5/h8,10H,6-7,9H2,1-5H3,(H,14,15,16). The first-order valence-corrected chi connectivity index (χ1v) is 6.39. The zero-order chi connectivity index (χ0) is 13.5. The molecule has 1 rings (SSSR count). The molecule has 0 amide bonds. The SMILES string of the molecule is CCCNc1cc(N(C)C(C)COC)nc(C)n1. The van der Waals surface area contributed by atoms with E-state index in [9.17, 15) is 0 Å². The number of aryl methyl sites for hydroxylation is 1. The van der Waals surface area contributed by atoms with E-state index in [0.717, 1.165) is 30.4 Å². The van der Waals surface area contributed by atoms with Crippen molar-refractivity contribution >= 4 is 11.6 Å². The minimum Gasteiger partial charge on any atom is -0.383 e. The molecule has 1 N–H and O–H groups in total. The maximum Gasteiger partial charge on any atom is 0.134 e. The van der Waals surface area contributed by atoms with Gasteiger partial charge in [-0.15, -0.1) is 0 Å². The third-order valence-corrected chi connectivity index (χ3v) is 2.81. The molecule has 1 unspecified atom stereocenters. The number of nitrogens with one attached hydrogen (secondary N) is 1. The van der Waals surface area contributed by atoms with E-state index >= 15 is 0 Å². The summed E-state index contributed by atoms with van der Waals surface area (Å²) >= 11 is 0. The van der Waals surface area contributed by atoms with Gasteiger partial charge in [-0.3, -0.25) is 0 Å². The van der Waals surface area contributed by atoms with Crippen LogP contribution in [0.1, 0.15) is 26.1 Å². The Hall–Kier alpha value is -1.36. The van der Waals surface area contributed by atoms with Crippen molar-refractivity contribution in [2.45, 2.75) is 33.2 Å². The summed E-state index contributed by atoms with van der Waals surface area (Å²) in [5.41, 5.74) is 0. The van der Waals surface area contributed by atoms with E-state index in [2.05, 4.69) is 34.0 Å². The summed E-state index contributed by atoms with van der Waals surface area (Å²) in [5, 5.41) is 3.29. The number of hydrogen-bond donors (Lipinski definition) is 1. The first-order valence-electron chi connectivity index (χ1n) is 6.39. The van der Waals surface area contributed by atoms with Crippen molar-refractivity contribution in [2.24, 2.45) is 0 Å². The molecule has 0 aliphatic heterocycles. The van der Waals surface area contributed by atoms with Crippen LogP contribution >= 0.6 is 0 Å². The van der Waals surface area contributed by atoms with Crippen LogP contribution < -0.4 is 10.2 Å². The van der Waals surface area contributed by atoms with Crippen LogP contribution in [0.3, 0.4) is 0 Å². The fourth-order valence-electron chi connectivity index (χ4n) is 1.66. The van der Waals surface area contributed by atoms with Crippen molar-refractivity contribution in [3.05, 3.63) is 11.9 Å². The number of nitrogens with zero attached hydrogens (tertiary/aromatic N) is 3. The summed E-state index contributed by atoms with van der Waals surface area (Å²) in [6.45, 7) is 7.76. The first-order chi connectivity index (χ1) is 8.58. The second-order valence-corrected chi connectivity index (χ2v) is 4.50. The third-order valence-electron chi connectivity index (χ3n) is 2.81. The molecule has 0 spiro atoms. The average Bonchev–Trinajstić information content (AvgIpc) is 2.35. The summed E-state index contributed by atoms with van der Waals surface area (Å²) < 4.78 is 5.17. The van der Waals surface area contributed by atoms with Gasteiger partial charge in [-0.25, -0.2) is 9.97 Å². The highest BCUT2D eigenvalue weighted by atomic mass is 16.5. The van der Waals surface area contributed by atoms with E-state index in [0.29, 0.717) is 6.61 Å². The Morgan fingerprint density at radius 3 is 2.78 bits per heavy atom. The van der Waals surface area contributed by atoms with E-state index in [1.54, 1.807) is 7.11 Å². The maximum atomic E-state index is 5.17. The van der Waals surface area contributed by atoms with Crippen molar-refractivity contribution in [3.63, 3.8) is 0 Å². The minimum absolute atomic E-state index is 0.281. The molecule has 0 saturated heterocycles. The average molecular weight is 252 g/mol. The van der Waals surface area contributed by atoms with Gasteiger partial charge in [-0.1, -0.05) is 6.92 Å². The molecule has 18 heavy (non-hydrogen) atoms. The van der Waals surface area contributed by atoms with Gasteiger partial charge in [0.25, 0.3) is 0 Å². The minimum atomic E-state index is 0.281. The van der Waals surface area contributed by atoms with Gasteiger partial charge in [0.1, 0.15) is 17.5 Å². The van der Waals surface area contributed by atoms with Crippen molar-refractivity contribution in [1.82, 2.24) is 9.97 Å². The molecule has 1 atom stereocenters. The Kier molecular flexibility index (Phi) is 5.85. The van der Waals surface area contributed by atoms with Gasteiger partial charge < -0.3 is 15.0 Å². The highest BCUT2D eigenvalue weighted by Crippen LogP contribution is 2.16. The summed E-state index contributed by atoms with van der Waals surface area (Å²) in [5.74, 6) is 2.59. The molecule has 0 bridgehead atoms. The fourth-order valence-corrected chi connectivity index (χ4v) is 1.66. The van der Waals surface area contributed by atoms with Crippen molar-refractivity contribution in [2.75, 3.05) is 37.5 Å². The molecule has 0 aliphatic carbocycles. The number of likely N-dealkylation sites (N-methyl/N-ethyl adjacent to an activating group) is 1. The van der Waals surface area contributed by atoms with Crippen LogP contribution in [0, 0.1) is 6.92 Å². The van der Waals surface area contributed by atoms with Crippen LogP contribution in [0.5, 0.6) is 0 Å². The molecule has 5 nitrogen and oxygen atoms in total. The zero-order valence-corrected chi connectivity index (χ0v) is 12.0. The predicted molar refractivity (Wildman–Crippen MR) is 75.3 cm³/mol. The Morgan fingerprint density at radius 1 is 1.44 bits per heavy atom. The number of methoxy groups -OCH3 is 1. The lowest BCUT2D eigenvalue weighted by Crippen LogP contribution is -2.33. The largest absolute Gasteiger partial charge is 0.383 e. The maximum absolute atomic E-state index is 5.17. The van der Waals surface area contributed by atoms with Gasteiger partial charge in [0, 0.05) is 26.8 Å². The molecule has 102 valence electrons. The number of hydrogen-bond acceptors (Lipinski definition) is 5. The molecule has 0 aromatic carbocycles. The van der Waals surface area contributed by atoms with Crippen LogP contribution in [0.4, 0.5) is 11.6 Å². The molecule has 1 aromatic heterocycles. The summed E-state index contributed by atoms with van der Waals surface area (Å²) in [6.07, 6.45) is 1.08. The van der Waals surface area contributed by atoms with Gasteiger partial charge in [0.15, 0.2) is 0 Å².